The van der Waals surface area contributed by atoms with E-state index in [0.717, 1.165) is 16.8 Å². The van der Waals surface area contributed by atoms with Crippen molar-refractivity contribution in [2.75, 3.05) is 18.4 Å². The van der Waals surface area contributed by atoms with E-state index in [2.05, 4.69) is 15.6 Å². The number of carbonyl (C=O) groups is 1. The number of halogens is 1. The highest BCUT2D eigenvalue weighted by atomic mass is 35.5. The van der Waals surface area contributed by atoms with Crippen LogP contribution in [0.25, 0.3) is 10.2 Å². The van der Waals surface area contributed by atoms with Crippen LogP contribution in [0.3, 0.4) is 0 Å². The first-order chi connectivity index (χ1) is 9.13. The number of nitrogens with one attached hydrogen (secondary N) is 2. The lowest BCUT2D eigenvalue weighted by Gasteiger charge is -2.13. The molecule has 0 aliphatic heterocycles. The fourth-order valence-corrected chi connectivity index (χ4v) is 2.61. The summed E-state index contributed by atoms with van der Waals surface area (Å²) < 4.78 is 1.01. The Hall–Kier alpha value is -1.17. The van der Waals surface area contributed by atoms with Gasteiger partial charge in [0.05, 0.1) is 20.9 Å². The van der Waals surface area contributed by atoms with Gasteiger partial charge in [0.2, 0.25) is 5.91 Å². The molecule has 102 valence electrons. The Balaban J connectivity index is 2.18. The highest BCUT2D eigenvalue weighted by molar-refractivity contribution is 7.16. The maximum atomic E-state index is 12.1. The molecule has 0 aliphatic rings. The van der Waals surface area contributed by atoms with Crippen molar-refractivity contribution in [2.45, 2.75) is 13.8 Å². The summed E-state index contributed by atoms with van der Waals surface area (Å²) in [6, 6.07) is 3.69. The van der Waals surface area contributed by atoms with E-state index in [-0.39, 0.29) is 11.8 Å². The average Bonchev–Trinajstić information content (AvgIpc) is 2.87. The van der Waals surface area contributed by atoms with Gasteiger partial charge in [0.25, 0.3) is 0 Å². The summed E-state index contributed by atoms with van der Waals surface area (Å²) in [5.41, 5.74) is 3.11. The van der Waals surface area contributed by atoms with E-state index in [0.29, 0.717) is 17.3 Å². The quantitative estimate of drug-likeness (QED) is 0.891. The lowest BCUT2D eigenvalue weighted by atomic mass is 10.1. The van der Waals surface area contributed by atoms with Crippen molar-refractivity contribution >= 4 is 44.7 Å². The van der Waals surface area contributed by atoms with Gasteiger partial charge in [-0.1, -0.05) is 25.4 Å². The Morgan fingerprint density at radius 1 is 1.53 bits per heavy atom. The fourth-order valence-electron chi connectivity index (χ4n) is 1.73. The Morgan fingerprint density at radius 3 is 3.05 bits per heavy atom. The Kier molecular flexibility index (Phi) is 4.74. The molecule has 0 spiro atoms. The predicted molar refractivity (Wildman–Crippen MR) is 81.0 cm³/mol. The number of fused-ring (bicyclic) bond motifs is 1. The Morgan fingerprint density at radius 2 is 2.32 bits per heavy atom. The molecule has 2 rings (SSSR count). The SMILES string of the molecule is CCNCC(C)C(=O)Nc1c(Cl)ccc2scnc12. The van der Waals surface area contributed by atoms with E-state index in [1.54, 1.807) is 11.6 Å². The van der Waals surface area contributed by atoms with Crippen LogP contribution in [0.1, 0.15) is 13.8 Å². The molecule has 0 radical (unpaired) electrons. The van der Waals surface area contributed by atoms with E-state index in [9.17, 15) is 4.79 Å². The number of thiazole rings is 1. The van der Waals surface area contributed by atoms with Gasteiger partial charge < -0.3 is 10.6 Å². The van der Waals surface area contributed by atoms with Gasteiger partial charge in [0.15, 0.2) is 0 Å². The molecule has 4 nitrogen and oxygen atoms in total. The minimum Gasteiger partial charge on any atom is -0.323 e. The number of anilines is 1. The molecule has 2 N–H and O–H groups in total. The first kappa shape index (κ1) is 14.2. The molecule has 1 heterocycles. The van der Waals surface area contributed by atoms with Gasteiger partial charge in [0.1, 0.15) is 5.52 Å². The minimum atomic E-state index is -0.120. The Bertz CT molecular complexity index is 584. The number of carbonyl (C=O) groups excluding carboxylic acids is 1. The first-order valence-corrected chi connectivity index (χ1v) is 7.42. The highest BCUT2D eigenvalue weighted by Gasteiger charge is 2.16. The van der Waals surface area contributed by atoms with Crippen molar-refractivity contribution in [3.05, 3.63) is 22.7 Å². The maximum Gasteiger partial charge on any atom is 0.228 e. The van der Waals surface area contributed by atoms with Gasteiger partial charge in [-0.3, -0.25) is 4.79 Å². The zero-order valence-corrected chi connectivity index (χ0v) is 12.4. The van der Waals surface area contributed by atoms with E-state index in [1.165, 1.54) is 11.3 Å². The standard InChI is InChI=1S/C13H16ClN3OS/c1-3-15-6-8(2)13(18)17-11-9(14)4-5-10-12(11)16-7-19-10/h4-5,7-8,15H,3,6H2,1-2H3,(H,17,18). The molecule has 0 saturated carbocycles. The molecular weight excluding hydrogens is 282 g/mol. The topological polar surface area (TPSA) is 54.0 Å². The van der Waals surface area contributed by atoms with E-state index in [4.69, 9.17) is 11.6 Å². The zero-order chi connectivity index (χ0) is 13.8. The molecule has 1 amide bonds. The summed E-state index contributed by atoms with van der Waals surface area (Å²) in [4.78, 5) is 16.4. The number of hydrogen-bond acceptors (Lipinski definition) is 4. The van der Waals surface area contributed by atoms with Crippen LogP contribution >= 0.6 is 22.9 Å². The molecule has 1 aromatic carbocycles. The second-order valence-corrected chi connectivity index (χ2v) is 5.61. The third-order valence-corrected chi connectivity index (χ3v) is 3.96. The van der Waals surface area contributed by atoms with Crippen molar-refractivity contribution in [1.29, 1.82) is 0 Å². The molecule has 1 aromatic heterocycles. The van der Waals surface area contributed by atoms with Crippen molar-refractivity contribution in [2.24, 2.45) is 5.92 Å². The van der Waals surface area contributed by atoms with Crippen LogP contribution < -0.4 is 10.6 Å². The van der Waals surface area contributed by atoms with Crippen LogP contribution in [0, 0.1) is 5.92 Å². The second-order valence-electron chi connectivity index (χ2n) is 4.32. The summed E-state index contributed by atoms with van der Waals surface area (Å²) in [5, 5.41) is 6.55. The number of rotatable bonds is 5. The zero-order valence-electron chi connectivity index (χ0n) is 10.9. The summed E-state index contributed by atoms with van der Waals surface area (Å²) >= 11 is 7.67. The number of amides is 1. The van der Waals surface area contributed by atoms with Crippen LogP contribution in [0.15, 0.2) is 17.6 Å². The Labute approximate surface area is 121 Å². The predicted octanol–water partition coefficient (Wildman–Crippen LogP) is 3.13. The van der Waals surface area contributed by atoms with Crippen LogP contribution in [-0.4, -0.2) is 24.0 Å². The molecule has 0 aliphatic carbocycles. The molecule has 1 atom stereocenters. The fraction of sp³-hybridized carbons (Fsp3) is 0.385. The monoisotopic (exact) mass is 297 g/mol. The first-order valence-electron chi connectivity index (χ1n) is 6.16. The third-order valence-electron chi connectivity index (χ3n) is 2.85. The molecular formula is C13H16ClN3OS. The maximum absolute atomic E-state index is 12.1. The molecule has 0 fully saturated rings. The van der Waals surface area contributed by atoms with Crippen LogP contribution in [-0.2, 0) is 4.79 Å². The second kappa shape index (κ2) is 6.32. The van der Waals surface area contributed by atoms with Gasteiger partial charge in [-0.15, -0.1) is 11.3 Å². The summed E-state index contributed by atoms with van der Waals surface area (Å²) in [7, 11) is 0. The summed E-state index contributed by atoms with van der Waals surface area (Å²) in [5.74, 6) is -0.173. The molecule has 0 bridgehead atoms. The van der Waals surface area contributed by atoms with Crippen molar-refractivity contribution in [3.63, 3.8) is 0 Å². The number of aromatic nitrogens is 1. The van der Waals surface area contributed by atoms with E-state index >= 15 is 0 Å². The minimum absolute atomic E-state index is 0.0525. The van der Waals surface area contributed by atoms with Crippen molar-refractivity contribution in [1.82, 2.24) is 10.3 Å². The largest absolute Gasteiger partial charge is 0.323 e. The summed E-state index contributed by atoms with van der Waals surface area (Å²) in [6.45, 7) is 5.39. The van der Waals surface area contributed by atoms with Gasteiger partial charge >= 0.3 is 0 Å². The third kappa shape index (κ3) is 3.23. The number of hydrogen-bond donors (Lipinski definition) is 2. The number of benzene rings is 1. The van der Waals surface area contributed by atoms with Crippen LogP contribution in [0.4, 0.5) is 5.69 Å². The van der Waals surface area contributed by atoms with E-state index < -0.39 is 0 Å². The van der Waals surface area contributed by atoms with Crippen molar-refractivity contribution in [3.8, 4) is 0 Å². The highest BCUT2D eigenvalue weighted by Crippen LogP contribution is 2.32. The number of nitrogens with zero attached hydrogens (tertiary/aromatic N) is 1. The van der Waals surface area contributed by atoms with Crippen molar-refractivity contribution < 1.29 is 4.79 Å². The summed E-state index contributed by atoms with van der Waals surface area (Å²) in [6.07, 6.45) is 0. The van der Waals surface area contributed by atoms with Crippen LogP contribution in [0.2, 0.25) is 5.02 Å². The average molecular weight is 298 g/mol. The lowest BCUT2D eigenvalue weighted by molar-refractivity contribution is -0.119. The molecule has 19 heavy (non-hydrogen) atoms. The molecule has 6 heteroatoms. The van der Waals surface area contributed by atoms with Gasteiger partial charge in [-0.05, 0) is 18.7 Å². The normalized spacial score (nSPS) is 12.6. The van der Waals surface area contributed by atoms with E-state index in [1.807, 2.05) is 19.9 Å². The van der Waals surface area contributed by atoms with Gasteiger partial charge in [-0.25, -0.2) is 4.98 Å². The molecule has 2 aromatic rings. The smallest absolute Gasteiger partial charge is 0.228 e. The molecule has 1 unspecified atom stereocenters. The lowest BCUT2D eigenvalue weighted by Crippen LogP contribution is -2.30. The van der Waals surface area contributed by atoms with Gasteiger partial charge in [0, 0.05) is 12.5 Å². The molecule has 0 saturated heterocycles. The van der Waals surface area contributed by atoms with Crippen LogP contribution in [0.5, 0.6) is 0 Å². The van der Waals surface area contributed by atoms with Gasteiger partial charge in [-0.2, -0.15) is 0 Å².